The predicted molar refractivity (Wildman–Crippen MR) is 275 cm³/mol. The highest BCUT2D eigenvalue weighted by Gasteiger charge is 2.18. The van der Waals surface area contributed by atoms with Crippen LogP contribution in [0.1, 0.15) is 0 Å². The number of pyridine rings is 1. The van der Waals surface area contributed by atoms with Gasteiger partial charge in [0.15, 0.2) is 17.5 Å². The summed E-state index contributed by atoms with van der Waals surface area (Å²) in [5.74, 6) is 1.91. The fourth-order valence-electron chi connectivity index (χ4n) is 9.71. The van der Waals surface area contributed by atoms with E-state index in [0.29, 0.717) is 17.5 Å². The lowest BCUT2D eigenvalue weighted by Gasteiger charge is -2.17. The molecule has 66 heavy (non-hydrogen) atoms. The molecule has 0 saturated carbocycles. The molecule has 0 aliphatic carbocycles. The molecule has 0 saturated heterocycles. The molecule has 13 aromatic rings. The lowest BCUT2D eigenvalue weighted by molar-refractivity contribution is 1.08. The second-order valence-electron chi connectivity index (χ2n) is 17.0. The van der Waals surface area contributed by atoms with Crippen molar-refractivity contribution in [3.8, 4) is 67.7 Å². The fraction of sp³-hybridized carbons (Fsp3) is 0. The van der Waals surface area contributed by atoms with Crippen molar-refractivity contribution in [1.82, 2.24) is 19.9 Å². The van der Waals surface area contributed by atoms with Gasteiger partial charge in [0.1, 0.15) is 0 Å². The van der Waals surface area contributed by atoms with Crippen LogP contribution in [-0.2, 0) is 0 Å². The quantitative estimate of drug-likeness (QED) is 0.157. The number of fused-ring (bicyclic) bond motifs is 8. The maximum absolute atomic E-state index is 5.38. The zero-order valence-corrected chi connectivity index (χ0v) is 35.7. The number of para-hydroxylation sites is 1. The summed E-state index contributed by atoms with van der Waals surface area (Å²) in [4.78, 5) is 20.7. The standard InChI is InChI=1S/C62H38N4/c1-4-15-44-35-49(31-26-39(44)12-1)59-56-38-55(52-20-7-8-21-53(52)58(56)54-22-9-10-23-57(54)63-59)48-19-11-18-47(34-48)42-24-29-43(30-25-42)60-64-61(50-32-27-40-13-2-5-16-45(40)36-50)66-62(65-60)51-33-28-41-14-3-6-17-46(41)37-51/h1-38H. The molecule has 0 amide bonds. The minimum absolute atomic E-state index is 0.627. The normalized spacial score (nSPS) is 11.6. The van der Waals surface area contributed by atoms with E-state index in [1.165, 1.54) is 43.3 Å². The summed E-state index contributed by atoms with van der Waals surface area (Å²) in [5.41, 5.74) is 10.4. The zero-order valence-electron chi connectivity index (χ0n) is 35.7. The van der Waals surface area contributed by atoms with Crippen molar-refractivity contribution in [2.24, 2.45) is 0 Å². The Hall–Kier alpha value is -8.86. The smallest absolute Gasteiger partial charge is 0.164 e. The highest BCUT2D eigenvalue weighted by Crippen LogP contribution is 2.43. The number of benzene rings is 11. The molecule has 2 heterocycles. The Kier molecular flexibility index (Phi) is 8.81. The van der Waals surface area contributed by atoms with Crippen LogP contribution in [-0.4, -0.2) is 19.9 Å². The highest BCUT2D eigenvalue weighted by atomic mass is 15.0. The topological polar surface area (TPSA) is 51.6 Å². The molecule has 0 fully saturated rings. The van der Waals surface area contributed by atoms with Gasteiger partial charge in [-0.1, -0.05) is 194 Å². The van der Waals surface area contributed by atoms with Gasteiger partial charge in [0.05, 0.1) is 11.2 Å². The third-order valence-corrected chi connectivity index (χ3v) is 13.0. The van der Waals surface area contributed by atoms with Gasteiger partial charge in [-0.3, -0.25) is 0 Å². The van der Waals surface area contributed by atoms with E-state index in [-0.39, 0.29) is 0 Å². The van der Waals surface area contributed by atoms with Gasteiger partial charge < -0.3 is 0 Å². The summed E-state index contributed by atoms with van der Waals surface area (Å²) in [7, 11) is 0. The van der Waals surface area contributed by atoms with Gasteiger partial charge >= 0.3 is 0 Å². The second kappa shape index (κ2) is 15.4. The van der Waals surface area contributed by atoms with Crippen molar-refractivity contribution >= 4 is 64.8 Å². The lowest BCUT2D eigenvalue weighted by atomic mass is 9.89. The molecular formula is C62H38N4. The molecule has 0 radical (unpaired) electrons. The number of rotatable bonds is 6. The summed E-state index contributed by atoms with van der Waals surface area (Å²) in [6.07, 6.45) is 0. The summed E-state index contributed by atoms with van der Waals surface area (Å²) in [6, 6.07) is 82.0. The maximum Gasteiger partial charge on any atom is 0.164 e. The van der Waals surface area contributed by atoms with Crippen molar-refractivity contribution in [3.05, 3.63) is 231 Å². The Balaban J connectivity index is 0.923. The van der Waals surface area contributed by atoms with Crippen molar-refractivity contribution < 1.29 is 0 Å². The SMILES string of the molecule is c1cc(-c2ccc(-c3nc(-c4ccc5ccccc5c4)nc(-c4ccc5ccccc5c4)n3)cc2)cc(-c2cc3c(-c4ccc5ccccc5c4)nc4ccccc4c3c3ccccc23)c1. The molecular weight excluding hydrogens is 801 g/mol. The summed E-state index contributed by atoms with van der Waals surface area (Å²) in [5, 5.41) is 13.0. The van der Waals surface area contributed by atoms with Crippen LogP contribution >= 0.6 is 0 Å². The summed E-state index contributed by atoms with van der Waals surface area (Å²) < 4.78 is 0. The molecule has 13 rings (SSSR count). The van der Waals surface area contributed by atoms with Gasteiger partial charge in [-0.15, -0.1) is 0 Å². The van der Waals surface area contributed by atoms with Crippen molar-refractivity contribution in [3.63, 3.8) is 0 Å². The second-order valence-corrected chi connectivity index (χ2v) is 17.0. The molecule has 4 nitrogen and oxygen atoms in total. The number of hydrogen-bond donors (Lipinski definition) is 0. The van der Waals surface area contributed by atoms with E-state index in [9.17, 15) is 0 Å². The van der Waals surface area contributed by atoms with E-state index in [1.54, 1.807) is 0 Å². The van der Waals surface area contributed by atoms with E-state index >= 15 is 0 Å². The Morgan fingerprint density at radius 3 is 1.30 bits per heavy atom. The van der Waals surface area contributed by atoms with Crippen LogP contribution in [0.2, 0.25) is 0 Å². The highest BCUT2D eigenvalue weighted by molar-refractivity contribution is 6.25. The average Bonchev–Trinajstić information content (AvgIpc) is 3.39. The van der Waals surface area contributed by atoms with E-state index < -0.39 is 0 Å². The van der Waals surface area contributed by atoms with Crippen LogP contribution < -0.4 is 0 Å². The minimum Gasteiger partial charge on any atom is -0.247 e. The van der Waals surface area contributed by atoms with Crippen molar-refractivity contribution in [2.45, 2.75) is 0 Å². The van der Waals surface area contributed by atoms with Crippen LogP contribution in [0.4, 0.5) is 0 Å². The number of hydrogen-bond acceptors (Lipinski definition) is 4. The minimum atomic E-state index is 0.627. The molecule has 0 atom stereocenters. The van der Waals surface area contributed by atoms with E-state index in [4.69, 9.17) is 19.9 Å². The first-order valence-electron chi connectivity index (χ1n) is 22.4. The van der Waals surface area contributed by atoms with Crippen molar-refractivity contribution in [1.29, 1.82) is 0 Å². The molecule has 0 bridgehead atoms. The van der Waals surface area contributed by atoms with Crippen LogP contribution in [0.15, 0.2) is 231 Å². The molecule has 4 heteroatoms. The molecule has 0 N–H and O–H groups in total. The molecule has 11 aromatic carbocycles. The monoisotopic (exact) mass is 838 g/mol. The molecule has 306 valence electrons. The van der Waals surface area contributed by atoms with Gasteiger partial charge in [-0.05, 0) is 102 Å². The first-order valence-corrected chi connectivity index (χ1v) is 22.4. The number of nitrogens with zero attached hydrogens (tertiary/aromatic N) is 4. The summed E-state index contributed by atoms with van der Waals surface area (Å²) >= 11 is 0. The molecule has 0 aliphatic heterocycles. The Labute approximate surface area is 381 Å². The first kappa shape index (κ1) is 37.7. The lowest BCUT2D eigenvalue weighted by Crippen LogP contribution is -2.00. The van der Waals surface area contributed by atoms with Crippen LogP contribution in [0, 0.1) is 0 Å². The first-order chi connectivity index (χ1) is 32.7. The van der Waals surface area contributed by atoms with E-state index in [0.717, 1.165) is 71.7 Å². The molecule has 2 aromatic heterocycles. The third-order valence-electron chi connectivity index (χ3n) is 13.0. The van der Waals surface area contributed by atoms with Gasteiger partial charge in [-0.25, -0.2) is 19.9 Å². The van der Waals surface area contributed by atoms with Gasteiger partial charge in [0.25, 0.3) is 0 Å². The maximum atomic E-state index is 5.38. The fourth-order valence-corrected chi connectivity index (χ4v) is 9.71. The largest absolute Gasteiger partial charge is 0.247 e. The Bertz CT molecular complexity index is 3960. The molecule has 0 unspecified atom stereocenters. The van der Waals surface area contributed by atoms with Crippen molar-refractivity contribution in [2.75, 3.05) is 0 Å². The number of aromatic nitrogens is 4. The van der Waals surface area contributed by atoms with Gasteiger partial charge in [-0.2, -0.15) is 0 Å². The van der Waals surface area contributed by atoms with Crippen LogP contribution in [0.25, 0.3) is 132 Å². The Morgan fingerprint density at radius 1 is 0.227 bits per heavy atom. The van der Waals surface area contributed by atoms with Crippen LogP contribution in [0.5, 0.6) is 0 Å². The van der Waals surface area contributed by atoms with Crippen LogP contribution in [0.3, 0.4) is 0 Å². The van der Waals surface area contributed by atoms with E-state index in [1.807, 2.05) is 0 Å². The molecule has 0 spiro atoms. The van der Waals surface area contributed by atoms with E-state index in [2.05, 4.69) is 231 Å². The predicted octanol–water partition coefficient (Wildman–Crippen LogP) is 16.2. The average molecular weight is 839 g/mol. The van der Waals surface area contributed by atoms with Gasteiger partial charge in [0, 0.05) is 38.4 Å². The Morgan fingerprint density at radius 2 is 0.682 bits per heavy atom. The summed E-state index contributed by atoms with van der Waals surface area (Å²) in [6.45, 7) is 0. The van der Waals surface area contributed by atoms with Gasteiger partial charge in [0.2, 0.25) is 0 Å². The third kappa shape index (κ3) is 6.55. The zero-order chi connectivity index (χ0) is 43.6. The molecule has 0 aliphatic rings.